The van der Waals surface area contributed by atoms with Crippen LogP contribution in [0.15, 0.2) is 24.3 Å². The van der Waals surface area contributed by atoms with Crippen molar-refractivity contribution < 1.29 is 9.59 Å². The minimum atomic E-state index is -0.105. The fourth-order valence-electron chi connectivity index (χ4n) is 1.57. The number of nitrogens with one attached hydrogen (secondary N) is 1. The number of likely N-dealkylation sites (N-methyl/N-ethyl adjacent to an activating group) is 1. The van der Waals surface area contributed by atoms with E-state index in [0.717, 1.165) is 11.3 Å². The van der Waals surface area contributed by atoms with Crippen LogP contribution in [0, 0.1) is 6.92 Å². The monoisotopic (exact) mass is 309 g/mol. The van der Waals surface area contributed by atoms with Gasteiger partial charge in [0.2, 0.25) is 11.8 Å². The van der Waals surface area contributed by atoms with Crippen LogP contribution in [0.2, 0.25) is 0 Å². The van der Waals surface area contributed by atoms with Crippen LogP contribution in [-0.4, -0.2) is 47.9 Å². The van der Waals surface area contributed by atoms with Gasteiger partial charge in [0.15, 0.2) is 0 Å². The van der Waals surface area contributed by atoms with Crippen LogP contribution in [-0.2, 0) is 9.59 Å². The lowest BCUT2D eigenvalue weighted by atomic mass is 10.2. The Balaban J connectivity index is 2.30. The molecule has 0 aliphatic carbocycles. The van der Waals surface area contributed by atoms with Crippen LogP contribution in [0.4, 0.5) is 5.69 Å². The maximum absolute atomic E-state index is 11.8. The van der Waals surface area contributed by atoms with Gasteiger partial charge in [-0.2, -0.15) is 0 Å². The first-order valence-corrected chi connectivity index (χ1v) is 7.99. The summed E-state index contributed by atoms with van der Waals surface area (Å²) in [5.41, 5.74) is 7.43. The van der Waals surface area contributed by atoms with Crippen molar-refractivity contribution in [1.82, 2.24) is 4.90 Å². The Morgan fingerprint density at radius 3 is 2.48 bits per heavy atom. The third kappa shape index (κ3) is 6.18. The Morgan fingerprint density at radius 1 is 1.29 bits per heavy atom. The van der Waals surface area contributed by atoms with Gasteiger partial charge in [0.25, 0.3) is 0 Å². The molecule has 1 atom stereocenters. The molecule has 1 rings (SSSR count). The molecule has 21 heavy (non-hydrogen) atoms. The van der Waals surface area contributed by atoms with E-state index in [9.17, 15) is 9.59 Å². The maximum Gasteiger partial charge on any atom is 0.234 e. The molecule has 0 aliphatic heterocycles. The Labute approximate surface area is 130 Å². The van der Waals surface area contributed by atoms with E-state index < -0.39 is 0 Å². The van der Waals surface area contributed by atoms with E-state index in [4.69, 9.17) is 5.73 Å². The van der Waals surface area contributed by atoms with Crippen molar-refractivity contribution in [2.75, 3.05) is 30.4 Å². The molecule has 5 nitrogen and oxygen atoms in total. The van der Waals surface area contributed by atoms with Gasteiger partial charge in [-0.15, -0.1) is 11.8 Å². The van der Waals surface area contributed by atoms with E-state index in [1.165, 1.54) is 11.8 Å². The fraction of sp³-hybridized carbons (Fsp3) is 0.467. The summed E-state index contributed by atoms with van der Waals surface area (Å²) in [6.45, 7) is 4.32. The molecule has 2 amide bonds. The van der Waals surface area contributed by atoms with Crippen LogP contribution in [0.1, 0.15) is 12.5 Å². The van der Waals surface area contributed by atoms with Crippen molar-refractivity contribution in [3.05, 3.63) is 29.8 Å². The molecular weight excluding hydrogens is 286 g/mol. The summed E-state index contributed by atoms with van der Waals surface area (Å²) in [5.74, 6) is 0.416. The average molecular weight is 309 g/mol. The summed E-state index contributed by atoms with van der Waals surface area (Å²) in [7, 11) is 1.73. The molecule has 0 heterocycles. The Bertz CT molecular complexity index is 476. The average Bonchev–Trinajstić information content (AvgIpc) is 2.47. The number of carbonyl (C=O) groups is 2. The van der Waals surface area contributed by atoms with Gasteiger partial charge in [0.05, 0.1) is 11.5 Å². The van der Waals surface area contributed by atoms with Gasteiger partial charge in [-0.1, -0.05) is 17.7 Å². The Morgan fingerprint density at radius 2 is 1.90 bits per heavy atom. The minimum absolute atomic E-state index is 0.0129. The normalized spacial score (nSPS) is 11.8. The third-order valence-corrected chi connectivity index (χ3v) is 4.11. The molecule has 0 spiro atoms. The first-order chi connectivity index (χ1) is 9.93. The highest BCUT2D eigenvalue weighted by atomic mass is 32.2. The third-order valence-electron chi connectivity index (χ3n) is 3.19. The van der Waals surface area contributed by atoms with E-state index in [1.54, 1.807) is 11.9 Å². The van der Waals surface area contributed by atoms with Crippen LogP contribution in [0.25, 0.3) is 0 Å². The van der Waals surface area contributed by atoms with Crippen molar-refractivity contribution >= 4 is 29.3 Å². The zero-order valence-electron chi connectivity index (χ0n) is 12.8. The lowest BCUT2D eigenvalue weighted by Crippen LogP contribution is -2.40. The molecule has 3 N–H and O–H groups in total. The van der Waals surface area contributed by atoms with Crippen LogP contribution in [0.3, 0.4) is 0 Å². The van der Waals surface area contributed by atoms with E-state index >= 15 is 0 Å². The number of hydrogen-bond donors (Lipinski definition) is 2. The first kappa shape index (κ1) is 17.5. The van der Waals surface area contributed by atoms with Gasteiger partial charge >= 0.3 is 0 Å². The van der Waals surface area contributed by atoms with Crippen molar-refractivity contribution in [1.29, 1.82) is 0 Å². The van der Waals surface area contributed by atoms with Crippen molar-refractivity contribution in [3.8, 4) is 0 Å². The van der Waals surface area contributed by atoms with Gasteiger partial charge in [0.1, 0.15) is 0 Å². The maximum atomic E-state index is 11.8. The molecule has 116 valence electrons. The molecule has 0 aromatic heterocycles. The second kappa shape index (κ2) is 8.69. The number of amides is 2. The number of anilines is 1. The van der Waals surface area contributed by atoms with Gasteiger partial charge in [-0.05, 0) is 26.0 Å². The molecular formula is C15H23N3O2S. The second-order valence-corrected chi connectivity index (χ2v) is 5.98. The Kier molecular flexibility index (Phi) is 7.25. The first-order valence-electron chi connectivity index (χ1n) is 6.84. The second-order valence-electron chi connectivity index (χ2n) is 5.00. The zero-order chi connectivity index (χ0) is 15.8. The summed E-state index contributed by atoms with van der Waals surface area (Å²) >= 11 is 1.30. The number of benzene rings is 1. The molecule has 1 unspecified atom stereocenters. The number of hydrogen-bond acceptors (Lipinski definition) is 4. The molecule has 0 radical (unpaired) electrons. The standard InChI is InChI=1S/C15H23N3O2S/c1-11-4-6-13(7-5-11)17-14(19)9-21-10-15(20)18(3)12(2)8-16/h4-7,12H,8-10,16H2,1-3H3,(H,17,19). The number of nitrogens with zero attached hydrogens (tertiary/aromatic N) is 1. The highest BCUT2D eigenvalue weighted by Gasteiger charge is 2.14. The van der Waals surface area contributed by atoms with Crippen LogP contribution < -0.4 is 11.1 Å². The highest BCUT2D eigenvalue weighted by molar-refractivity contribution is 8.00. The predicted octanol–water partition coefficient (Wildman–Crippen LogP) is 1.47. The van der Waals surface area contributed by atoms with Gasteiger partial charge in [-0.3, -0.25) is 9.59 Å². The van der Waals surface area contributed by atoms with Gasteiger partial charge < -0.3 is 16.0 Å². The van der Waals surface area contributed by atoms with Crippen molar-refractivity contribution in [2.45, 2.75) is 19.9 Å². The molecule has 1 aromatic rings. The lowest BCUT2D eigenvalue weighted by molar-refractivity contribution is -0.128. The predicted molar refractivity (Wildman–Crippen MR) is 88.4 cm³/mol. The molecule has 0 aliphatic rings. The number of carbonyl (C=O) groups excluding carboxylic acids is 2. The van der Waals surface area contributed by atoms with Crippen molar-refractivity contribution in [2.24, 2.45) is 5.73 Å². The molecule has 6 heteroatoms. The molecule has 0 saturated carbocycles. The molecule has 1 aromatic carbocycles. The van der Waals surface area contributed by atoms with Gasteiger partial charge in [0, 0.05) is 25.3 Å². The van der Waals surface area contributed by atoms with Crippen LogP contribution in [0.5, 0.6) is 0 Å². The van der Waals surface area contributed by atoms with E-state index in [0.29, 0.717) is 6.54 Å². The summed E-state index contributed by atoms with van der Waals surface area (Å²) in [6.07, 6.45) is 0. The molecule has 0 fully saturated rings. The smallest absolute Gasteiger partial charge is 0.234 e. The molecule has 0 saturated heterocycles. The lowest BCUT2D eigenvalue weighted by Gasteiger charge is -2.23. The zero-order valence-corrected chi connectivity index (χ0v) is 13.6. The van der Waals surface area contributed by atoms with Crippen LogP contribution >= 0.6 is 11.8 Å². The van der Waals surface area contributed by atoms with E-state index in [2.05, 4.69) is 5.32 Å². The highest BCUT2D eigenvalue weighted by Crippen LogP contribution is 2.10. The molecule has 0 bridgehead atoms. The SMILES string of the molecule is Cc1ccc(NC(=O)CSCC(=O)N(C)C(C)CN)cc1. The number of aryl methyl sites for hydroxylation is 1. The van der Waals surface area contributed by atoms with E-state index in [-0.39, 0.29) is 29.4 Å². The number of thioether (sulfide) groups is 1. The Hall–Kier alpha value is -1.53. The number of nitrogens with two attached hydrogens (primary N) is 1. The number of rotatable bonds is 7. The quantitative estimate of drug-likeness (QED) is 0.800. The van der Waals surface area contributed by atoms with E-state index in [1.807, 2.05) is 38.1 Å². The summed E-state index contributed by atoms with van der Waals surface area (Å²) in [6, 6.07) is 7.62. The van der Waals surface area contributed by atoms with Crippen molar-refractivity contribution in [3.63, 3.8) is 0 Å². The largest absolute Gasteiger partial charge is 0.341 e. The topological polar surface area (TPSA) is 75.4 Å². The summed E-state index contributed by atoms with van der Waals surface area (Å²) < 4.78 is 0. The fourth-order valence-corrected chi connectivity index (χ4v) is 2.31. The summed E-state index contributed by atoms with van der Waals surface area (Å²) in [5, 5.41) is 2.80. The van der Waals surface area contributed by atoms with Gasteiger partial charge in [-0.25, -0.2) is 0 Å². The summed E-state index contributed by atoms with van der Waals surface area (Å²) in [4.78, 5) is 25.2. The minimum Gasteiger partial charge on any atom is -0.341 e.